The van der Waals surface area contributed by atoms with Crippen LogP contribution in [0.15, 0.2) is 47.5 Å². The largest absolute Gasteiger partial charge is 0.324 e. The molecule has 0 spiro atoms. The van der Waals surface area contributed by atoms with Gasteiger partial charge in [0.05, 0.1) is 5.69 Å². The Morgan fingerprint density at radius 2 is 2.03 bits per heavy atom. The molecule has 4 aromatic rings. The normalized spacial score (nSPS) is 13.5. The van der Waals surface area contributed by atoms with Crippen LogP contribution in [0.5, 0.6) is 0 Å². The Balaban J connectivity index is 1.62. The first-order valence-corrected chi connectivity index (χ1v) is 10.2. The van der Waals surface area contributed by atoms with Gasteiger partial charge in [0.1, 0.15) is 5.39 Å². The number of nitrogens with one attached hydrogen (secondary N) is 2. The van der Waals surface area contributed by atoms with Crippen molar-refractivity contribution in [1.29, 1.82) is 0 Å². The quantitative estimate of drug-likeness (QED) is 0.494. The molecule has 5 rings (SSSR count). The number of fused-ring (bicyclic) bond motifs is 2. The van der Waals surface area contributed by atoms with Crippen LogP contribution in [0.2, 0.25) is 0 Å². The predicted octanol–water partition coefficient (Wildman–Crippen LogP) is 3.09. The third-order valence-electron chi connectivity index (χ3n) is 5.42. The van der Waals surface area contributed by atoms with Crippen molar-refractivity contribution < 1.29 is 4.39 Å². The summed E-state index contributed by atoms with van der Waals surface area (Å²) >= 11 is 0. The van der Waals surface area contributed by atoms with Crippen LogP contribution in [0, 0.1) is 5.95 Å². The molecule has 3 aromatic heterocycles. The van der Waals surface area contributed by atoms with Gasteiger partial charge in [0.2, 0.25) is 11.9 Å². The number of hydrogen-bond donors (Lipinski definition) is 2. The SMILES string of the molecule is CC(C)n1c(=O)c2cnc(Nc3ccc4c(c3)CCNC4)nc2n1-c1ccnc(F)c1. The van der Waals surface area contributed by atoms with Crippen molar-refractivity contribution >= 4 is 22.7 Å². The van der Waals surface area contributed by atoms with E-state index in [1.807, 2.05) is 19.9 Å². The maximum absolute atomic E-state index is 13.8. The van der Waals surface area contributed by atoms with E-state index in [0.717, 1.165) is 25.2 Å². The fourth-order valence-electron chi connectivity index (χ4n) is 3.98. The lowest BCUT2D eigenvalue weighted by Crippen LogP contribution is -2.24. The molecule has 0 bridgehead atoms. The smallest absolute Gasteiger partial charge is 0.278 e. The molecule has 0 radical (unpaired) electrons. The molecule has 1 aliphatic heterocycles. The summed E-state index contributed by atoms with van der Waals surface area (Å²) in [5.74, 6) is -0.261. The summed E-state index contributed by atoms with van der Waals surface area (Å²) < 4.78 is 17.0. The van der Waals surface area contributed by atoms with Crippen LogP contribution in [-0.2, 0) is 13.0 Å². The molecular formula is C22H22FN7O. The fraction of sp³-hybridized carbons (Fsp3) is 0.273. The van der Waals surface area contributed by atoms with Crippen LogP contribution in [0.3, 0.4) is 0 Å². The number of pyridine rings is 1. The molecule has 1 aliphatic rings. The van der Waals surface area contributed by atoms with Crippen LogP contribution in [-0.4, -0.2) is 30.9 Å². The minimum atomic E-state index is -0.627. The van der Waals surface area contributed by atoms with Crippen LogP contribution in [0.4, 0.5) is 16.0 Å². The van der Waals surface area contributed by atoms with Crippen LogP contribution in [0.1, 0.15) is 31.0 Å². The molecule has 4 heterocycles. The standard InChI is InChI=1S/C22H22FN7O/c1-13(2)29-21(31)18-12-26-22(27-16-4-3-15-11-24-7-5-14(15)9-16)28-20(18)30(29)17-6-8-25-19(23)10-17/h3-4,6,8-10,12-13,24H,5,7,11H2,1-2H3,(H,26,27,28). The van der Waals surface area contributed by atoms with Crippen molar-refractivity contribution in [2.45, 2.75) is 32.9 Å². The Kier molecular flexibility index (Phi) is 4.74. The number of anilines is 2. The topological polar surface area (TPSA) is 89.7 Å². The van der Waals surface area contributed by atoms with E-state index < -0.39 is 5.95 Å². The Labute approximate surface area is 177 Å². The Morgan fingerprint density at radius 3 is 2.84 bits per heavy atom. The molecule has 0 saturated heterocycles. The lowest BCUT2D eigenvalue weighted by atomic mass is 10.0. The molecule has 1 aromatic carbocycles. The monoisotopic (exact) mass is 419 g/mol. The van der Waals surface area contributed by atoms with Crippen molar-refractivity contribution in [3.05, 3.63) is 70.2 Å². The predicted molar refractivity (Wildman–Crippen MR) is 116 cm³/mol. The zero-order valence-corrected chi connectivity index (χ0v) is 17.3. The fourth-order valence-corrected chi connectivity index (χ4v) is 3.98. The van der Waals surface area contributed by atoms with Gasteiger partial charge in [-0.05, 0) is 56.1 Å². The summed E-state index contributed by atoms with van der Waals surface area (Å²) in [7, 11) is 0. The number of nitrogens with zero attached hydrogens (tertiary/aromatic N) is 5. The van der Waals surface area contributed by atoms with Crippen LogP contribution in [0.25, 0.3) is 16.7 Å². The second kappa shape index (κ2) is 7.59. The van der Waals surface area contributed by atoms with E-state index in [9.17, 15) is 9.18 Å². The van der Waals surface area contributed by atoms with Gasteiger partial charge in [-0.3, -0.25) is 4.79 Å². The van der Waals surface area contributed by atoms with Gasteiger partial charge in [-0.25, -0.2) is 19.3 Å². The summed E-state index contributed by atoms with van der Waals surface area (Å²) in [5, 5.41) is 6.97. The molecule has 0 amide bonds. The number of halogens is 1. The van der Waals surface area contributed by atoms with E-state index in [1.165, 1.54) is 29.6 Å². The minimum Gasteiger partial charge on any atom is -0.324 e. The van der Waals surface area contributed by atoms with Gasteiger partial charge in [-0.1, -0.05) is 6.07 Å². The number of rotatable bonds is 4. The van der Waals surface area contributed by atoms with Crippen LogP contribution >= 0.6 is 0 Å². The van der Waals surface area contributed by atoms with E-state index >= 15 is 0 Å². The maximum atomic E-state index is 13.8. The van der Waals surface area contributed by atoms with Crippen molar-refractivity contribution in [3.8, 4) is 5.69 Å². The van der Waals surface area contributed by atoms with Crippen LogP contribution < -0.4 is 16.2 Å². The molecule has 8 nitrogen and oxygen atoms in total. The summed E-state index contributed by atoms with van der Waals surface area (Å²) in [6.07, 6.45) is 3.85. The summed E-state index contributed by atoms with van der Waals surface area (Å²) in [4.78, 5) is 25.6. The molecular weight excluding hydrogens is 397 g/mol. The van der Waals surface area contributed by atoms with Gasteiger partial charge in [0, 0.05) is 36.7 Å². The number of benzene rings is 1. The van der Waals surface area contributed by atoms with Gasteiger partial charge >= 0.3 is 0 Å². The molecule has 0 unspecified atom stereocenters. The first kappa shape index (κ1) is 19.4. The second-order valence-electron chi connectivity index (χ2n) is 7.86. The zero-order chi connectivity index (χ0) is 21.5. The molecule has 31 heavy (non-hydrogen) atoms. The van der Waals surface area contributed by atoms with Crippen molar-refractivity contribution in [2.24, 2.45) is 0 Å². The Hall–Kier alpha value is -3.59. The minimum absolute atomic E-state index is 0.163. The highest BCUT2D eigenvalue weighted by atomic mass is 19.1. The lowest BCUT2D eigenvalue weighted by Gasteiger charge is -2.18. The molecule has 158 valence electrons. The zero-order valence-electron chi connectivity index (χ0n) is 17.3. The average molecular weight is 419 g/mol. The molecule has 9 heteroatoms. The van der Waals surface area contributed by atoms with Gasteiger partial charge in [-0.2, -0.15) is 9.37 Å². The first-order chi connectivity index (χ1) is 15.0. The third-order valence-corrected chi connectivity index (χ3v) is 5.42. The molecule has 0 aliphatic carbocycles. The molecule has 2 N–H and O–H groups in total. The maximum Gasteiger partial charge on any atom is 0.278 e. The summed E-state index contributed by atoms with van der Waals surface area (Å²) in [6, 6.07) is 8.95. The second-order valence-corrected chi connectivity index (χ2v) is 7.86. The number of hydrogen-bond acceptors (Lipinski definition) is 6. The number of aromatic nitrogens is 5. The van der Waals surface area contributed by atoms with Gasteiger partial charge in [0.15, 0.2) is 5.65 Å². The van der Waals surface area contributed by atoms with E-state index in [4.69, 9.17) is 0 Å². The van der Waals surface area contributed by atoms with E-state index in [2.05, 4.69) is 37.7 Å². The molecule has 0 atom stereocenters. The van der Waals surface area contributed by atoms with Gasteiger partial charge < -0.3 is 10.6 Å². The highest BCUT2D eigenvalue weighted by molar-refractivity contribution is 5.77. The van der Waals surface area contributed by atoms with E-state index in [0.29, 0.717) is 22.7 Å². The van der Waals surface area contributed by atoms with Gasteiger partial charge in [0.25, 0.3) is 5.56 Å². The van der Waals surface area contributed by atoms with E-state index in [1.54, 1.807) is 15.4 Å². The summed E-state index contributed by atoms with van der Waals surface area (Å²) in [6.45, 7) is 5.61. The summed E-state index contributed by atoms with van der Waals surface area (Å²) in [5.41, 5.74) is 4.11. The molecule has 0 saturated carbocycles. The lowest BCUT2D eigenvalue weighted by molar-refractivity contribution is 0.473. The Morgan fingerprint density at radius 1 is 1.16 bits per heavy atom. The van der Waals surface area contributed by atoms with Gasteiger partial charge in [-0.15, -0.1) is 0 Å². The highest BCUT2D eigenvalue weighted by Crippen LogP contribution is 2.23. The van der Waals surface area contributed by atoms with Crippen molar-refractivity contribution in [3.63, 3.8) is 0 Å². The highest BCUT2D eigenvalue weighted by Gasteiger charge is 2.20. The van der Waals surface area contributed by atoms with E-state index in [-0.39, 0.29) is 11.6 Å². The first-order valence-electron chi connectivity index (χ1n) is 10.2. The Bertz CT molecular complexity index is 1340. The van der Waals surface area contributed by atoms with Crippen molar-refractivity contribution in [1.82, 2.24) is 29.6 Å². The average Bonchev–Trinajstić information content (AvgIpc) is 3.06. The molecule has 0 fully saturated rings. The van der Waals surface area contributed by atoms with Crippen molar-refractivity contribution in [2.75, 3.05) is 11.9 Å². The third kappa shape index (κ3) is 3.46.